The molecule has 1 unspecified atom stereocenters. The Morgan fingerprint density at radius 3 is 2.45 bits per heavy atom. The first-order valence-corrected chi connectivity index (χ1v) is 9.18. The van der Waals surface area contributed by atoms with E-state index in [1.807, 2.05) is 11.3 Å². The second-order valence-corrected chi connectivity index (χ2v) is 7.95. The van der Waals surface area contributed by atoms with Gasteiger partial charge in [-0.2, -0.15) is 0 Å². The molecule has 0 spiro atoms. The van der Waals surface area contributed by atoms with E-state index in [1.165, 1.54) is 29.8 Å². The zero-order valence-electron chi connectivity index (χ0n) is 12.0. The lowest BCUT2D eigenvalue weighted by Crippen LogP contribution is -2.22. The van der Waals surface area contributed by atoms with Gasteiger partial charge in [-0.15, -0.1) is 11.3 Å². The smallest absolute Gasteiger partial charge is 0.0671 e. The van der Waals surface area contributed by atoms with Gasteiger partial charge in [-0.1, -0.05) is 35.0 Å². The van der Waals surface area contributed by atoms with Crippen LogP contribution in [0.2, 0.25) is 0 Å². The third-order valence-corrected chi connectivity index (χ3v) is 6.37. The molecule has 20 heavy (non-hydrogen) atoms. The monoisotopic (exact) mass is 415 g/mol. The molecule has 1 atom stereocenters. The largest absolute Gasteiger partial charge is 0.306 e. The van der Waals surface area contributed by atoms with Crippen LogP contribution in [0.5, 0.6) is 0 Å². The van der Waals surface area contributed by atoms with Gasteiger partial charge in [-0.05, 0) is 66.0 Å². The second-order valence-electron chi connectivity index (χ2n) is 4.95. The van der Waals surface area contributed by atoms with E-state index in [0.29, 0.717) is 0 Å². The van der Waals surface area contributed by atoms with Gasteiger partial charge in [0.05, 0.1) is 6.04 Å². The molecule has 0 saturated heterocycles. The van der Waals surface area contributed by atoms with Crippen molar-refractivity contribution in [2.24, 2.45) is 0 Å². The second kappa shape index (κ2) is 7.21. The molecule has 0 aliphatic rings. The van der Waals surface area contributed by atoms with Gasteiger partial charge in [0.15, 0.2) is 0 Å². The summed E-state index contributed by atoms with van der Waals surface area (Å²) in [5, 5.41) is 3.66. The third-order valence-electron chi connectivity index (χ3n) is 3.27. The van der Waals surface area contributed by atoms with Crippen LogP contribution < -0.4 is 5.32 Å². The fraction of sp³-hybridized carbons (Fsp3) is 0.375. The maximum Gasteiger partial charge on any atom is 0.0671 e. The van der Waals surface area contributed by atoms with Gasteiger partial charge in [0.2, 0.25) is 0 Å². The molecule has 0 aliphatic carbocycles. The molecule has 0 amide bonds. The van der Waals surface area contributed by atoms with Crippen molar-refractivity contribution in [3.63, 3.8) is 0 Å². The first-order chi connectivity index (χ1) is 9.52. The fourth-order valence-electron chi connectivity index (χ4n) is 2.14. The number of nitrogens with one attached hydrogen (secondary N) is 1. The lowest BCUT2D eigenvalue weighted by Gasteiger charge is -2.18. The average molecular weight is 417 g/mol. The summed E-state index contributed by atoms with van der Waals surface area (Å²) in [6.45, 7) is 7.52. The molecule has 2 rings (SSSR count). The van der Waals surface area contributed by atoms with Gasteiger partial charge in [0.25, 0.3) is 0 Å². The summed E-state index contributed by atoms with van der Waals surface area (Å²) in [5.41, 5.74) is 2.60. The first kappa shape index (κ1) is 16.2. The molecular weight excluding hydrogens is 398 g/mol. The highest BCUT2D eigenvalue weighted by Gasteiger charge is 2.17. The highest BCUT2D eigenvalue weighted by atomic mass is 79.9. The van der Waals surface area contributed by atoms with E-state index in [1.54, 1.807) is 0 Å². The normalized spacial score (nSPS) is 12.7. The maximum absolute atomic E-state index is 3.66. The van der Waals surface area contributed by atoms with Crippen LogP contribution in [0.25, 0.3) is 0 Å². The maximum atomic E-state index is 3.66. The predicted molar refractivity (Wildman–Crippen MR) is 95.8 cm³/mol. The van der Waals surface area contributed by atoms with Gasteiger partial charge >= 0.3 is 0 Å². The number of benzene rings is 1. The number of hydrogen-bond acceptors (Lipinski definition) is 2. The summed E-state index contributed by atoms with van der Waals surface area (Å²) >= 11 is 9.06. The van der Waals surface area contributed by atoms with Gasteiger partial charge < -0.3 is 5.32 Å². The highest BCUT2D eigenvalue weighted by molar-refractivity contribution is 9.10. The number of aryl methyl sites for hydroxylation is 2. The van der Waals surface area contributed by atoms with Crippen molar-refractivity contribution >= 4 is 43.2 Å². The van der Waals surface area contributed by atoms with Gasteiger partial charge in [0, 0.05) is 18.7 Å². The van der Waals surface area contributed by atoms with Crippen molar-refractivity contribution in [3.8, 4) is 0 Å². The van der Waals surface area contributed by atoms with Crippen LogP contribution in [0.1, 0.15) is 40.3 Å². The van der Waals surface area contributed by atoms with Crippen molar-refractivity contribution in [2.75, 3.05) is 6.54 Å². The van der Waals surface area contributed by atoms with E-state index in [4.69, 9.17) is 0 Å². The molecule has 0 aliphatic heterocycles. The van der Waals surface area contributed by atoms with Crippen molar-refractivity contribution in [3.05, 3.63) is 54.1 Å². The van der Waals surface area contributed by atoms with E-state index in [9.17, 15) is 0 Å². The Morgan fingerprint density at radius 2 is 1.90 bits per heavy atom. The average Bonchev–Trinajstić information content (AvgIpc) is 2.74. The molecule has 1 N–H and O–H groups in total. The molecule has 1 heterocycles. The summed E-state index contributed by atoms with van der Waals surface area (Å²) in [5.74, 6) is 0. The van der Waals surface area contributed by atoms with Crippen molar-refractivity contribution in [1.82, 2.24) is 5.32 Å². The minimum atomic E-state index is 0.275. The zero-order chi connectivity index (χ0) is 14.7. The van der Waals surface area contributed by atoms with Crippen molar-refractivity contribution < 1.29 is 0 Å². The molecule has 4 heteroatoms. The Hall–Kier alpha value is -0.160. The first-order valence-electron chi connectivity index (χ1n) is 6.78. The quantitative estimate of drug-likeness (QED) is 0.632. The molecule has 2 aromatic rings. The van der Waals surface area contributed by atoms with Crippen molar-refractivity contribution in [1.29, 1.82) is 0 Å². The fourth-order valence-corrected chi connectivity index (χ4v) is 4.05. The van der Waals surface area contributed by atoms with Crippen LogP contribution in [-0.2, 0) is 0 Å². The van der Waals surface area contributed by atoms with E-state index < -0.39 is 0 Å². The van der Waals surface area contributed by atoms with Crippen molar-refractivity contribution in [2.45, 2.75) is 33.2 Å². The number of rotatable bonds is 5. The van der Waals surface area contributed by atoms with E-state index in [0.717, 1.165) is 13.0 Å². The van der Waals surface area contributed by atoms with Crippen LogP contribution in [0.3, 0.4) is 0 Å². The molecule has 0 radical (unpaired) electrons. The summed E-state index contributed by atoms with van der Waals surface area (Å²) in [6, 6.07) is 9.12. The standard InChI is InChI=1S/C16H19Br2NS/c1-4-7-19-16(15-9-14(18)11(3)20-15)12-5-6-13(17)10(2)8-12/h5-6,8-9,16,19H,4,7H2,1-3H3. The SMILES string of the molecule is CCCNC(c1ccc(Br)c(C)c1)c1cc(Br)c(C)s1. The van der Waals surface area contributed by atoms with E-state index >= 15 is 0 Å². The predicted octanol–water partition coefficient (Wildman–Crippen LogP) is 5.98. The minimum absolute atomic E-state index is 0.275. The Kier molecular flexibility index (Phi) is 5.84. The van der Waals surface area contributed by atoms with Gasteiger partial charge in [-0.25, -0.2) is 0 Å². The molecule has 0 saturated carbocycles. The topological polar surface area (TPSA) is 12.0 Å². The van der Waals surface area contributed by atoms with E-state index in [-0.39, 0.29) is 6.04 Å². The van der Waals surface area contributed by atoms with Crippen LogP contribution in [0.4, 0.5) is 0 Å². The Morgan fingerprint density at radius 1 is 1.15 bits per heavy atom. The summed E-state index contributed by atoms with van der Waals surface area (Å²) < 4.78 is 2.37. The zero-order valence-corrected chi connectivity index (χ0v) is 16.0. The third kappa shape index (κ3) is 3.73. The van der Waals surface area contributed by atoms with Gasteiger partial charge in [0.1, 0.15) is 0 Å². The molecular formula is C16H19Br2NS. The van der Waals surface area contributed by atoms with Crippen LogP contribution in [0, 0.1) is 13.8 Å². The molecule has 1 aromatic heterocycles. The highest BCUT2D eigenvalue weighted by Crippen LogP contribution is 2.34. The lowest BCUT2D eigenvalue weighted by molar-refractivity contribution is 0.605. The van der Waals surface area contributed by atoms with E-state index in [2.05, 4.69) is 82.2 Å². The Labute approximate surface area is 142 Å². The van der Waals surface area contributed by atoms with Gasteiger partial charge in [-0.3, -0.25) is 0 Å². The molecule has 108 valence electrons. The Balaban J connectivity index is 2.38. The summed E-state index contributed by atoms with van der Waals surface area (Å²) in [4.78, 5) is 2.70. The summed E-state index contributed by atoms with van der Waals surface area (Å²) in [7, 11) is 0. The number of hydrogen-bond donors (Lipinski definition) is 1. The minimum Gasteiger partial charge on any atom is -0.306 e. The molecule has 0 fully saturated rings. The lowest BCUT2D eigenvalue weighted by atomic mass is 10.0. The molecule has 1 nitrogen and oxygen atoms in total. The van der Waals surface area contributed by atoms with Crippen LogP contribution in [0.15, 0.2) is 33.2 Å². The van der Waals surface area contributed by atoms with Crippen LogP contribution >= 0.6 is 43.2 Å². The Bertz CT molecular complexity index is 573. The number of halogens is 2. The number of thiophene rings is 1. The van der Waals surface area contributed by atoms with Crippen LogP contribution in [-0.4, -0.2) is 6.54 Å². The molecule has 1 aromatic carbocycles. The summed E-state index contributed by atoms with van der Waals surface area (Å²) in [6.07, 6.45) is 1.14. The molecule has 0 bridgehead atoms.